The highest BCUT2D eigenvalue weighted by Crippen LogP contribution is 2.38. The van der Waals surface area contributed by atoms with Crippen molar-refractivity contribution in [2.45, 2.75) is 22.8 Å². The molecule has 4 aromatic rings. The first kappa shape index (κ1) is 25.2. The molecular weight excluding hydrogens is 503 g/mol. The number of halogens is 3. The number of anilines is 1. The van der Waals surface area contributed by atoms with Gasteiger partial charge in [-0.15, -0.1) is 0 Å². The van der Waals surface area contributed by atoms with E-state index in [1.807, 2.05) is 24.3 Å². The van der Waals surface area contributed by atoms with Crippen LogP contribution in [-0.2, 0) is 6.54 Å². The fraction of sp³-hybridized carbons (Fsp3) is 0.214. The largest absolute Gasteiger partial charge is 0.384 e. The molecule has 0 atom stereocenters. The zero-order valence-electron chi connectivity index (χ0n) is 19.3. The molecule has 0 bridgehead atoms. The smallest absolute Gasteiger partial charge is 0.104 e. The molecule has 0 saturated carbocycles. The Labute approximate surface area is 221 Å². The Morgan fingerprint density at radius 1 is 0.794 bits per heavy atom. The van der Waals surface area contributed by atoms with Crippen LogP contribution in [0.3, 0.4) is 0 Å². The van der Waals surface area contributed by atoms with Crippen molar-refractivity contribution < 1.29 is 4.48 Å². The van der Waals surface area contributed by atoms with E-state index >= 15 is 0 Å². The van der Waals surface area contributed by atoms with Crippen LogP contribution >= 0.6 is 46.6 Å². The van der Waals surface area contributed by atoms with Gasteiger partial charge in [-0.25, -0.2) is 0 Å². The zero-order chi connectivity index (χ0) is 24.1. The summed E-state index contributed by atoms with van der Waals surface area (Å²) in [6.45, 7) is 2.79. The number of benzene rings is 4. The lowest BCUT2D eigenvalue weighted by atomic mass is 10.1. The highest BCUT2D eigenvalue weighted by molar-refractivity contribution is 7.99. The molecule has 6 heteroatoms. The standard InChI is InChI=1S/C28H28Cl3N2S/c1-33(2,19-20-11-13-24(30)25(31)17-20)16-6-15-32-26-18-22(29)12-14-28(26)34-27-10-5-8-21-7-3-4-9-23(21)27/h3-5,7-14,17-18,32H,6,15-16,19H2,1-2H3/q+1. The lowest BCUT2D eigenvalue weighted by Crippen LogP contribution is -2.40. The van der Waals surface area contributed by atoms with Crippen molar-refractivity contribution in [3.8, 4) is 0 Å². The lowest BCUT2D eigenvalue weighted by Gasteiger charge is -2.30. The molecule has 0 amide bonds. The zero-order valence-corrected chi connectivity index (χ0v) is 22.4. The van der Waals surface area contributed by atoms with E-state index in [0.29, 0.717) is 10.0 Å². The summed E-state index contributed by atoms with van der Waals surface area (Å²) >= 11 is 20.4. The van der Waals surface area contributed by atoms with Crippen molar-refractivity contribution in [3.63, 3.8) is 0 Å². The van der Waals surface area contributed by atoms with Crippen LogP contribution in [0.2, 0.25) is 15.1 Å². The first-order chi connectivity index (χ1) is 16.3. The number of nitrogens with zero attached hydrogens (tertiary/aromatic N) is 1. The van der Waals surface area contributed by atoms with Crippen LogP contribution in [0.1, 0.15) is 12.0 Å². The molecule has 0 heterocycles. The minimum atomic E-state index is 0.596. The van der Waals surface area contributed by atoms with E-state index in [-0.39, 0.29) is 0 Å². The van der Waals surface area contributed by atoms with E-state index < -0.39 is 0 Å². The molecule has 4 aromatic carbocycles. The molecule has 0 radical (unpaired) electrons. The highest BCUT2D eigenvalue weighted by Gasteiger charge is 2.16. The van der Waals surface area contributed by atoms with Crippen molar-refractivity contribution in [1.29, 1.82) is 0 Å². The van der Waals surface area contributed by atoms with Crippen LogP contribution < -0.4 is 5.32 Å². The monoisotopic (exact) mass is 529 g/mol. The third kappa shape index (κ3) is 6.62. The maximum atomic E-state index is 6.34. The van der Waals surface area contributed by atoms with Gasteiger partial charge in [0.15, 0.2) is 0 Å². The molecule has 0 aliphatic heterocycles. The molecule has 1 N–H and O–H groups in total. The van der Waals surface area contributed by atoms with Crippen molar-refractivity contribution in [3.05, 3.63) is 99.5 Å². The first-order valence-corrected chi connectivity index (χ1v) is 13.2. The molecule has 0 aliphatic rings. The molecule has 0 unspecified atom stereocenters. The van der Waals surface area contributed by atoms with Gasteiger partial charge in [-0.2, -0.15) is 0 Å². The normalized spacial score (nSPS) is 11.7. The SMILES string of the molecule is C[N+](C)(CCCNc1cc(Cl)ccc1Sc1cccc2ccccc12)Cc1ccc(Cl)c(Cl)c1. The Hall–Kier alpha value is -1.88. The van der Waals surface area contributed by atoms with Gasteiger partial charge in [-0.1, -0.05) is 89.0 Å². The van der Waals surface area contributed by atoms with Gasteiger partial charge in [0.1, 0.15) is 6.54 Å². The second kappa shape index (κ2) is 11.2. The van der Waals surface area contributed by atoms with Gasteiger partial charge in [0.2, 0.25) is 0 Å². The Morgan fingerprint density at radius 2 is 1.59 bits per heavy atom. The molecule has 34 heavy (non-hydrogen) atoms. The lowest BCUT2D eigenvalue weighted by molar-refractivity contribution is -0.903. The van der Waals surface area contributed by atoms with Gasteiger partial charge in [-0.3, -0.25) is 0 Å². The van der Waals surface area contributed by atoms with Gasteiger partial charge in [0, 0.05) is 39.0 Å². The summed E-state index contributed by atoms with van der Waals surface area (Å²) in [5.74, 6) is 0. The number of quaternary nitrogens is 1. The third-order valence-corrected chi connectivity index (χ3v) is 7.89. The van der Waals surface area contributed by atoms with Crippen molar-refractivity contribution in [2.75, 3.05) is 32.5 Å². The molecule has 0 saturated heterocycles. The number of nitrogens with one attached hydrogen (secondary N) is 1. The van der Waals surface area contributed by atoms with Crippen molar-refractivity contribution >= 4 is 63.0 Å². The second-order valence-corrected chi connectivity index (χ2v) is 11.4. The van der Waals surface area contributed by atoms with Gasteiger partial charge in [0.25, 0.3) is 0 Å². The van der Waals surface area contributed by atoms with E-state index in [4.69, 9.17) is 34.8 Å². The summed E-state index contributed by atoms with van der Waals surface area (Å²) in [5, 5.41) is 8.07. The van der Waals surface area contributed by atoms with Gasteiger partial charge >= 0.3 is 0 Å². The fourth-order valence-electron chi connectivity index (χ4n) is 4.07. The van der Waals surface area contributed by atoms with E-state index in [9.17, 15) is 0 Å². The van der Waals surface area contributed by atoms with E-state index in [0.717, 1.165) is 41.2 Å². The quantitative estimate of drug-likeness (QED) is 0.171. The Morgan fingerprint density at radius 3 is 2.41 bits per heavy atom. The summed E-state index contributed by atoms with van der Waals surface area (Å²) in [4.78, 5) is 2.41. The molecule has 4 rings (SSSR count). The third-order valence-electron chi connectivity index (χ3n) is 5.76. The average Bonchev–Trinajstić information content (AvgIpc) is 2.81. The van der Waals surface area contributed by atoms with Crippen LogP contribution in [0.25, 0.3) is 10.8 Å². The first-order valence-electron chi connectivity index (χ1n) is 11.3. The van der Waals surface area contributed by atoms with Crippen molar-refractivity contribution in [1.82, 2.24) is 0 Å². The Balaban J connectivity index is 1.39. The summed E-state index contributed by atoms with van der Waals surface area (Å²) in [6, 6.07) is 26.9. The Bertz CT molecular complexity index is 1280. The topological polar surface area (TPSA) is 12.0 Å². The maximum Gasteiger partial charge on any atom is 0.104 e. The predicted octanol–water partition coefficient (Wildman–Crippen LogP) is 9.03. The molecule has 0 fully saturated rings. The minimum Gasteiger partial charge on any atom is -0.384 e. The van der Waals surface area contributed by atoms with Gasteiger partial charge in [0.05, 0.1) is 30.7 Å². The van der Waals surface area contributed by atoms with Gasteiger partial charge < -0.3 is 9.80 Å². The van der Waals surface area contributed by atoms with Gasteiger partial charge in [-0.05, 0) is 47.2 Å². The number of hydrogen-bond acceptors (Lipinski definition) is 2. The van der Waals surface area contributed by atoms with Crippen LogP contribution in [0, 0.1) is 0 Å². The second-order valence-electron chi connectivity index (χ2n) is 9.07. The van der Waals surface area contributed by atoms with E-state index in [1.54, 1.807) is 11.8 Å². The van der Waals surface area contributed by atoms with Crippen LogP contribution in [0.15, 0.2) is 88.7 Å². The fourth-order valence-corrected chi connectivity index (χ4v) is 5.62. The summed E-state index contributed by atoms with van der Waals surface area (Å²) in [6.07, 6.45) is 1.03. The summed E-state index contributed by atoms with van der Waals surface area (Å²) in [5.41, 5.74) is 2.26. The summed E-state index contributed by atoms with van der Waals surface area (Å²) < 4.78 is 0.868. The van der Waals surface area contributed by atoms with Crippen LogP contribution in [0.4, 0.5) is 5.69 Å². The maximum absolute atomic E-state index is 6.34. The molecule has 176 valence electrons. The Kier molecular flexibility index (Phi) is 8.34. The van der Waals surface area contributed by atoms with Crippen LogP contribution in [0.5, 0.6) is 0 Å². The molecular formula is C28H28Cl3N2S+. The van der Waals surface area contributed by atoms with Crippen molar-refractivity contribution in [2.24, 2.45) is 0 Å². The highest BCUT2D eigenvalue weighted by atomic mass is 35.5. The molecule has 0 aromatic heterocycles. The molecule has 0 aliphatic carbocycles. The van der Waals surface area contributed by atoms with Crippen LogP contribution in [-0.4, -0.2) is 31.7 Å². The average molecular weight is 531 g/mol. The molecule has 2 nitrogen and oxygen atoms in total. The molecule has 0 spiro atoms. The predicted molar refractivity (Wildman–Crippen MR) is 150 cm³/mol. The minimum absolute atomic E-state index is 0.596. The number of fused-ring (bicyclic) bond motifs is 1. The summed E-state index contributed by atoms with van der Waals surface area (Å²) in [7, 11) is 4.48. The van der Waals surface area contributed by atoms with E-state index in [1.165, 1.54) is 26.1 Å². The number of rotatable bonds is 9. The number of hydrogen-bond donors (Lipinski definition) is 1. The van der Waals surface area contributed by atoms with E-state index in [2.05, 4.69) is 74.0 Å².